The first-order valence-corrected chi connectivity index (χ1v) is 10.9. The summed E-state index contributed by atoms with van der Waals surface area (Å²) < 4.78 is 0. The van der Waals surface area contributed by atoms with Gasteiger partial charge in [0.25, 0.3) is 0 Å². The topological polar surface area (TPSA) is 44.7 Å². The lowest BCUT2D eigenvalue weighted by Gasteiger charge is -2.27. The SMILES string of the molecule is CC1(Cc2ccccc2)CN(CC(=O)Nc2ccc(Cl)cc2)N=C1c1ccc(Cl)cc1. The number of carbonyl (C=O) groups excluding carboxylic acids is 1. The molecule has 0 bridgehead atoms. The van der Waals surface area contributed by atoms with E-state index in [0.29, 0.717) is 22.3 Å². The van der Waals surface area contributed by atoms with Crippen LogP contribution in [0.4, 0.5) is 5.69 Å². The van der Waals surface area contributed by atoms with E-state index in [-0.39, 0.29) is 17.9 Å². The quantitative estimate of drug-likeness (QED) is 0.506. The molecule has 1 aliphatic rings. The van der Waals surface area contributed by atoms with E-state index in [1.165, 1.54) is 5.56 Å². The van der Waals surface area contributed by atoms with Crippen LogP contribution in [0.25, 0.3) is 0 Å². The summed E-state index contributed by atoms with van der Waals surface area (Å²) in [6.45, 7) is 3.02. The van der Waals surface area contributed by atoms with E-state index in [1.54, 1.807) is 24.3 Å². The Morgan fingerprint density at radius 3 is 2.23 bits per heavy atom. The average molecular weight is 452 g/mol. The van der Waals surface area contributed by atoms with Gasteiger partial charge in [-0.3, -0.25) is 9.80 Å². The summed E-state index contributed by atoms with van der Waals surface area (Å²) in [6.07, 6.45) is 0.824. The van der Waals surface area contributed by atoms with Crippen LogP contribution < -0.4 is 5.32 Å². The van der Waals surface area contributed by atoms with Crippen LogP contribution >= 0.6 is 23.2 Å². The normalized spacial score (nSPS) is 18.0. The van der Waals surface area contributed by atoms with Crippen molar-refractivity contribution >= 4 is 40.5 Å². The monoisotopic (exact) mass is 451 g/mol. The second kappa shape index (κ2) is 9.13. The molecule has 0 aromatic heterocycles. The van der Waals surface area contributed by atoms with Crippen LogP contribution in [0.2, 0.25) is 10.0 Å². The Morgan fingerprint density at radius 1 is 0.968 bits per heavy atom. The fraction of sp³-hybridized carbons (Fsp3) is 0.200. The van der Waals surface area contributed by atoms with Crippen molar-refractivity contribution in [3.05, 3.63) is 100 Å². The minimum absolute atomic E-state index is 0.120. The lowest BCUT2D eigenvalue weighted by molar-refractivity contribution is -0.117. The molecule has 6 heteroatoms. The van der Waals surface area contributed by atoms with Crippen LogP contribution in [0.15, 0.2) is 84.0 Å². The molecule has 0 saturated heterocycles. The zero-order chi connectivity index (χ0) is 21.8. The Kier molecular flexibility index (Phi) is 6.30. The van der Waals surface area contributed by atoms with Gasteiger partial charge in [0.1, 0.15) is 6.54 Å². The lowest BCUT2D eigenvalue weighted by atomic mass is 9.77. The third-order valence-corrected chi connectivity index (χ3v) is 5.86. The molecule has 0 spiro atoms. The lowest BCUT2D eigenvalue weighted by Crippen LogP contribution is -2.36. The van der Waals surface area contributed by atoms with Gasteiger partial charge >= 0.3 is 0 Å². The highest BCUT2D eigenvalue weighted by atomic mass is 35.5. The largest absolute Gasteiger partial charge is 0.324 e. The molecule has 1 amide bonds. The first kappa shape index (κ1) is 21.4. The Hall–Kier alpha value is -2.82. The molecular weight excluding hydrogens is 429 g/mol. The first-order chi connectivity index (χ1) is 14.9. The summed E-state index contributed by atoms with van der Waals surface area (Å²) in [4.78, 5) is 12.6. The smallest absolute Gasteiger partial charge is 0.245 e. The van der Waals surface area contributed by atoms with Gasteiger partial charge in [0.2, 0.25) is 5.91 Å². The molecule has 0 fully saturated rings. The number of rotatable bonds is 6. The second-order valence-electron chi connectivity index (χ2n) is 8.06. The Morgan fingerprint density at radius 2 is 1.58 bits per heavy atom. The molecule has 1 heterocycles. The average Bonchev–Trinajstić information content (AvgIpc) is 3.06. The summed E-state index contributed by atoms with van der Waals surface area (Å²) in [5.41, 5.74) is 3.69. The number of hydrogen-bond acceptors (Lipinski definition) is 3. The number of halogens is 2. The van der Waals surface area contributed by atoms with E-state index >= 15 is 0 Å². The van der Waals surface area contributed by atoms with Gasteiger partial charge in [-0.25, -0.2) is 0 Å². The highest BCUT2D eigenvalue weighted by molar-refractivity contribution is 6.31. The number of nitrogens with one attached hydrogen (secondary N) is 1. The van der Waals surface area contributed by atoms with Gasteiger partial charge in [-0.15, -0.1) is 0 Å². The van der Waals surface area contributed by atoms with Gasteiger partial charge < -0.3 is 5.32 Å². The zero-order valence-electron chi connectivity index (χ0n) is 17.2. The molecule has 158 valence electrons. The van der Waals surface area contributed by atoms with Crippen molar-refractivity contribution in [1.29, 1.82) is 0 Å². The van der Waals surface area contributed by atoms with Crippen LogP contribution in [0.3, 0.4) is 0 Å². The van der Waals surface area contributed by atoms with E-state index in [0.717, 1.165) is 17.7 Å². The number of nitrogens with zero attached hydrogens (tertiary/aromatic N) is 2. The van der Waals surface area contributed by atoms with E-state index in [9.17, 15) is 4.79 Å². The number of benzene rings is 3. The summed E-state index contributed by atoms with van der Waals surface area (Å²) in [6, 6.07) is 25.1. The van der Waals surface area contributed by atoms with Crippen molar-refractivity contribution in [2.75, 3.05) is 18.4 Å². The molecule has 4 rings (SSSR count). The molecule has 1 aliphatic heterocycles. The summed E-state index contributed by atoms with van der Waals surface area (Å²) in [5, 5.41) is 10.9. The van der Waals surface area contributed by atoms with Crippen molar-refractivity contribution in [2.45, 2.75) is 13.3 Å². The number of hydrazone groups is 1. The third kappa shape index (κ3) is 5.27. The molecule has 1 N–H and O–H groups in total. The van der Waals surface area contributed by atoms with E-state index in [4.69, 9.17) is 28.3 Å². The van der Waals surface area contributed by atoms with Gasteiger partial charge in [0.15, 0.2) is 0 Å². The Labute approximate surface area is 192 Å². The van der Waals surface area contributed by atoms with Gasteiger partial charge in [-0.2, -0.15) is 5.10 Å². The predicted molar refractivity (Wildman–Crippen MR) is 128 cm³/mol. The van der Waals surface area contributed by atoms with Crippen LogP contribution in [0.1, 0.15) is 18.1 Å². The third-order valence-electron chi connectivity index (χ3n) is 5.35. The molecule has 0 aliphatic carbocycles. The summed E-state index contributed by atoms with van der Waals surface area (Å²) in [7, 11) is 0. The fourth-order valence-electron chi connectivity index (χ4n) is 3.97. The van der Waals surface area contributed by atoms with Crippen LogP contribution in [-0.2, 0) is 11.2 Å². The number of carbonyl (C=O) groups is 1. The molecule has 1 atom stereocenters. The van der Waals surface area contributed by atoms with Crippen LogP contribution in [0.5, 0.6) is 0 Å². The maximum absolute atomic E-state index is 12.6. The van der Waals surface area contributed by atoms with E-state index < -0.39 is 0 Å². The highest BCUT2D eigenvalue weighted by Crippen LogP contribution is 2.35. The zero-order valence-corrected chi connectivity index (χ0v) is 18.7. The van der Waals surface area contributed by atoms with E-state index in [1.807, 2.05) is 47.5 Å². The molecule has 0 radical (unpaired) electrons. The Balaban J connectivity index is 1.55. The van der Waals surface area contributed by atoms with Gasteiger partial charge in [0.05, 0.1) is 5.71 Å². The maximum atomic E-state index is 12.6. The summed E-state index contributed by atoms with van der Waals surface area (Å²) in [5.74, 6) is -0.120. The number of hydrogen-bond donors (Lipinski definition) is 1. The standard InChI is InChI=1S/C25H23Cl2N3O/c1-25(15-18-5-3-2-4-6-18)17-30(29-24(25)19-7-9-20(26)10-8-19)16-23(31)28-22-13-11-21(27)12-14-22/h2-14H,15-17H2,1H3,(H,28,31). The molecule has 1 unspecified atom stereocenters. The maximum Gasteiger partial charge on any atom is 0.245 e. The minimum atomic E-state index is -0.240. The molecule has 3 aromatic carbocycles. The predicted octanol–water partition coefficient (Wildman–Crippen LogP) is 5.90. The van der Waals surface area contributed by atoms with E-state index in [2.05, 4.69) is 24.4 Å². The second-order valence-corrected chi connectivity index (χ2v) is 8.93. The first-order valence-electron chi connectivity index (χ1n) is 10.1. The number of anilines is 1. The van der Waals surface area contributed by atoms with Gasteiger partial charge in [-0.05, 0) is 53.9 Å². The molecule has 0 saturated carbocycles. The van der Waals surface area contributed by atoms with Crippen molar-refractivity contribution in [2.24, 2.45) is 10.5 Å². The van der Waals surface area contributed by atoms with Crippen molar-refractivity contribution < 1.29 is 4.79 Å². The highest BCUT2D eigenvalue weighted by Gasteiger charge is 2.39. The fourth-order valence-corrected chi connectivity index (χ4v) is 4.22. The molecule has 4 nitrogen and oxygen atoms in total. The van der Waals surface area contributed by atoms with Crippen LogP contribution in [-0.4, -0.2) is 29.7 Å². The van der Waals surface area contributed by atoms with Crippen molar-refractivity contribution in [1.82, 2.24) is 5.01 Å². The number of amides is 1. The van der Waals surface area contributed by atoms with Gasteiger partial charge in [0, 0.05) is 27.7 Å². The Bertz CT molecular complexity index is 1080. The van der Waals surface area contributed by atoms with Gasteiger partial charge in [-0.1, -0.05) is 72.6 Å². The molecular formula is C25H23Cl2N3O. The summed E-state index contributed by atoms with van der Waals surface area (Å²) >= 11 is 12.0. The molecule has 3 aromatic rings. The minimum Gasteiger partial charge on any atom is -0.324 e. The molecule has 31 heavy (non-hydrogen) atoms. The van der Waals surface area contributed by atoms with Crippen molar-refractivity contribution in [3.63, 3.8) is 0 Å². The van der Waals surface area contributed by atoms with Crippen molar-refractivity contribution in [3.8, 4) is 0 Å². The van der Waals surface area contributed by atoms with Crippen LogP contribution in [0, 0.1) is 5.41 Å².